The molecular formula is C18H21N5OS. The standard InChI is InChI=1S/C18H21N5OS/c1-24-18-5-2-14(12-19-18)23-10-8-22(9-11-23)13-15-3-4-17(25-15)16-6-7-20-21-16/h2-7,12H,8-11,13H2,1H3,(H,20,21). The summed E-state index contributed by atoms with van der Waals surface area (Å²) in [6.07, 6.45) is 3.69. The van der Waals surface area contributed by atoms with Crippen LogP contribution in [0.5, 0.6) is 5.88 Å². The molecule has 4 heterocycles. The third-order valence-corrected chi connectivity index (χ3v) is 5.58. The fraction of sp³-hybridized carbons (Fsp3) is 0.333. The number of hydrogen-bond donors (Lipinski definition) is 1. The van der Waals surface area contributed by atoms with E-state index >= 15 is 0 Å². The van der Waals surface area contributed by atoms with Crippen molar-refractivity contribution < 1.29 is 4.74 Å². The van der Waals surface area contributed by atoms with E-state index in [1.165, 1.54) is 9.75 Å². The number of pyridine rings is 1. The van der Waals surface area contributed by atoms with E-state index in [1.807, 2.05) is 29.7 Å². The van der Waals surface area contributed by atoms with Crippen LogP contribution in [0, 0.1) is 0 Å². The van der Waals surface area contributed by atoms with Gasteiger partial charge in [0.25, 0.3) is 0 Å². The molecule has 0 aromatic carbocycles. The summed E-state index contributed by atoms with van der Waals surface area (Å²) >= 11 is 1.84. The minimum Gasteiger partial charge on any atom is -0.481 e. The van der Waals surface area contributed by atoms with Gasteiger partial charge in [-0.2, -0.15) is 5.10 Å². The average Bonchev–Trinajstić information content (AvgIpc) is 3.34. The van der Waals surface area contributed by atoms with Crippen LogP contribution in [0.4, 0.5) is 5.69 Å². The Labute approximate surface area is 151 Å². The number of methoxy groups -OCH3 is 1. The van der Waals surface area contributed by atoms with Gasteiger partial charge in [0, 0.05) is 49.9 Å². The van der Waals surface area contributed by atoms with E-state index in [9.17, 15) is 0 Å². The molecule has 3 aromatic rings. The van der Waals surface area contributed by atoms with Crippen LogP contribution >= 0.6 is 11.3 Å². The Bertz CT molecular complexity index is 791. The Balaban J connectivity index is 1.33. The zero-order valence-corrected chi connectivity index (χ0v) is 15.0. The molecule has 4 rings (SSSR count). The molecule has 0 spiro atoms. The minimum absolute atomic E-state index is 0.660. The van der Waals surface area contributed by atoms with E-state index < -0.39 is 0 Å². The Kier molecular flexibility index (Phi) is 4.67. The normalized spacial score (nSPS) is 15.5. The second-order valence-electron chi connectivity index (χ2n) is 6.06. The highest BCUT2D eigenvalue weighted by molar-refractivity contribution is 7.15. The van der Waals surface area contributed by atoms with Gasteiger partial charge in [-0.05, 0) is 24.3 Å². The van der Waals surface area contributed by atoms with Crippen molar-refractivity contribution in [3.05, 3.63) is 47.6 Å². The van der Waals surface area contributed by atoms with Gasteiger partial charge >= 0.3 is 0 Å². The third-order valence-electron chi connectivity index (χ3n) is 4.47. The molecule has 0 amide bonds. The number of thiophene rings is 1. The van der Waals surface area contributed by atoms with Crippen molar-refractivity contribution in [2.75, 3.05) is 38.2 Å². The first-order valence-electron chi connectivity index (χ1n) is 8.37. The molecule has 6 nitrogen and oxygen atoms in total. The van der Waals surface area contributed by atoms with Gasteiger partial charge < -0.3 is 9.64 Å². The quantitative estimate of drug-likeness (QED) is 0.763. The van der Waals surface area contributed by atoms with Crippen molar-refractivity contribution in [3.63, 3.8) is 0 Å². The number of rotatable bonds is 5. The molecule has 0 saturated carbocycles. The first-order chi connectivity index (χ1) is 12.3. The van der Waals surface area contributed by atoms with Crippen LogP contribution in [-0.2, 0) is 6.54 Å². The van der Waals surface area contributed by atoms with E-state index in [0.717, 1.165) is 44.1 Å². The van der Waals surface area contributed by atoms with Gasteiger partial charge in [0.05, 0.1) is 29.6 Å². The largest absolute Gasteiger partial charge is 0.481 e. The van der Waals surface area contributed by atoms with Crippen LogP contribution in [0.15, 0.2) is 42.7 Å². The molecule has 0 aliphatic carbocycles. The second-order valence-corrected chi connectivity index (χ2v) is 7.23. The molecule has 0 atom stereocenters. The Morgan fingerprint density at radius 3 is 2.68 bits per heavy atom. The minimum atomic E-state index is 0.660. The molecule has 7 heteroatoms. The number of nitrogens with zero attached hydrogens (tertiary/aromatic N) is 4. The van der Waals surface area contributed by atoms with Gasteiger partial charge in [0.15, 0.2) is 0 Å². The molecule has 1 N–H and O–H groups in total. The van der Waals surface area contributed by atoms with Crippen molar-refractivity contribution in [2.24, 2.45) is 0 Å². The molecule has 3 aromatic heterocycles. The first-order valence-corrected chi connectivity index (χ1v) is 9.19. The summed E-state index contributed by atoms with van der Waals surface area (Å²) in [6, 6.07) is 10.4. The zero-order valence-electron chi connectivity index (χ0n) is 14.2. The summed E-state index contributed by atoms with van der Waals surface area (Å²) < 4.78 is 5.13. The maximum atomic E-state index is 5.13. The topological polar surface area (TPSA) is 57.3 Å². The molecule has 1 aliphatic heterocycles. The summed E-state index contributed by atoms with van der Waals surface area (Å²) in [4.78, 5) is 11.8. The fourth-order valence-electron chi connectivity index (χ4n) is 3.07. The predicted octanol–water partition coefficient (Wildman–Crippen LogP) is 2.86. The van der Waals surface area contributed by atoms with Gasteiger partial charge in [-0.3, -0.25) is 10.00 Å². The monoisotopic (exact) mass is 355 g/mol. The lowest BCUT2D eigenvalue weighted by Gasteiger charge is -2.35. The summed E-state index contributed by atoms with van der Waals surface area (Å²) in [5, 5.41) is 7.05. The van der Waals surface area contributed by atoms with E-state index in [1.54, 1.807) is 13.3 Å². The number of ether oxygens (including phenoxy) is 1. The molecule has 1 fully saturated rings. The van der Waals surface area contributed by atoms with Gasteiger partial charge in [0.2, 0.25) is 5.88 Å². The molecule has 0 radical (unpaired) electrons. The lowest BCUT2D eigenvalue weighted by atomic mass is 10.2. The van der Waals surface area contributed by atoms with Crippen LogP contribution in [0.2, 0.25) is 0 Å². The van der Waals surface area contributed by atoms with Crippen LogP contribution in [-0.4, -0.2) is 53.4 Å². The van der Waals surface area contributed by atoms with Crippen molar-refractivity contribution in [3.8, 4) is 16.5 Å². The molecule has 0 unspecified atom stereocenters. The van der Waals surface area contributed by atoms with Crippen molar-refractivity contribution in [1.29, 1.82) is 0 Å². The summed E-state index contributed by atoms with van der Waals surface area (Å²) in [6.45, 7) is 5.17. The highest BCUT2D eigenvalue weighted by atomic mass is 32.1. The highest BCUT2D eigenvalue weighted by Crippen LogP contribution is 2.27. The molecule has 1 aliphatic rings. The molecule has 1 saturated heterocycles. The molecular weight excluding hydrogens is 334 g/mol. The summed E-state index contributed by atoms with van der Waals surface area (Å²) in [5.74, 6) is 0.660. The second kappa shape index (κ2) is 7.25. The zero-order chi connectivity index (χ0) is 17.1. The Morgan fingerprint density at radius 2 is 2.00 bits per heavy atom. The van der Waals surface area contributed by atoms with Gasteiger partial charge in [0.1, 0.15) is 0 Å². The van der Waals surface area contributed by atoms with Crippen LogP contribution < -0.4 is 9.64 Å². The summed E-state index contributed by atoms with van der Waals surface area (Å²) in [5.41, 5.74) is 2.26. The van der Waals surface area contributed by atoms with Crippen LogP contribution in [0.3, 0.4) is 0 Å². The third kappa shape index (κ3) is 3.67. The smallest absolute Gasteiger partial charge is 0.213 e. The fourth-order valence-corrected chi connectivity index (χ4v) is 4.09. The van der Waals surface area contributed by atoms with Crippen LogP contribution in [0.25, 0.3) is 10.6 Å². The number of aromatic amines is 1. The first kappa shape index (κ1) is 16.1. The lowest BCUT2D eigenvalue weighted by molar-refractivity contribution is 0.252. The SMILES string of the molecule is COc1ccc(N2CCN(Cc3ccc(-c4ccn[nH]4)s3)CC2)cn1. The van der Waals surface area contributed by atoms with Gasteiger partial charge in [-0.25, -0.2) is 4.98 Å². The van der Waals surface area contributed by atoms with E-state index in [-0.39, 0.29) is 0 Å². The van der Waals surface area contributed by atoms with Gasteiger partial charge in [-0.1, -0.05) is 0 Å². The van der Waals surface area contributed by atoms with Crippen LogP contribution in [0.1, 0.15) is 4.88 Å². The van der Waals surface area contributed by atoms with Crippen molar-refractivity contribution in [2.45, 2.75) is 6.54 Å². The van der Waals surface area contributed by atoms with E-state index in [2.05, 4.69) is 43.2 Å². The Morgan fingerprint density at radius 1 is 1.12 bits per heavy atom. The molecule has 130 valence electrons. The van der Waals surface area contributed by atoms with Gasteiger partial charge in [-0.15, -0.1) is 11.3 Å². The number of aromatic nitrogens is 3. The molecule has 0 bridgehead atoms. The number of H-pyrrole nitrogens is 1. The number of piperazine rings is 1. The Hall–Kier alpha value is -2.38. The number of nitrogens with one attached hydrogen (secondary N) is 1. The lowest BCUT2D eigenvalue weighted by Crippen LogP contribution is -2.45. The maximum absolute atomic E-state index is 5.13. The van der Waals surface area contributed by atoms with E-state index in [0.29, 0.717) is 5.88 Å². The van der Waals surface area contributed by atoms with E-state index in [4.69, 9.17) is 4.74 Å². The number of hydrogen-bond acceptors (Lipinski definition) is 6. The predicted molar refractivity (Wildman–Crippen MR) is 100 cm³/mol. The maximum Gasteiger partial charge on any atom is 0.213 e. The molecule has 25 heavy (non-hydrogen) atoms. The summed E-state index contributed by atoms with van der Waals surface area (Å²) in [7, 11) is 1.64. The van der Waals surface area contributed by atoms with Crippen molar-refractivity contribution >= 4 is 17.0 Å². The average molecular weight is 355 g/mol. The highest BCUT2D eigenvalue weighted by Gasteiger charge is 2.18. The number of anilines is 1. The van der Waals surface area contributed by atoms with Crippen molar-refractivity contribution in [1.82, 2.24) is 20.1 Å².